The van der Waals surface area contributed by atoms with Crippen LogP contribution in [0.5, 0.6) is 5.75 Å². The average molecular weight is 278 g/mol. The minimum Gasteiger partial charge on any atom is -0.494 e. The minimum absolute atomic E-state index is 0.220. The second kappa shape index (κ2) is 7.05. The first-order chi connectivity index (χ1) is 9.74. The van der Waals surface area contributed by atoms with Crippen LogP contribution in [0.25, 0.3) is 11.3 Å². The molecule has 108 valence electrons. The fourth-order valence-corrected chi connectivity index (χ4v) is 1.88. The Morgan fingerprint density at radius 1 is 1.35 bits per heavy atom. The van der Waals surface area contributed by atoms with Gasteiger partial charge >= 0.3 is 0 Å². The molecule has 0 aliphatic rings. The van der Waals surface area contributed by atoms with Gasteiger partial charge in [-0.1, -0.05) is 6.92 Å². The van der Waals surface area contributed by atoms with E-state index in [0.717, 1.165) is 25.9 Å². The number of nitrogens with one attached hydrogen (secondary N) is 1. The zero-order valence-corrected chi connectivity index (χ0v) is 11.8. The van der Waals surface area contributed by atoms with Gasteiger partial charge in [-0.15, -0.1) is 0 Å². The molecule has 0 bridgehead atoms. The minimum atomic E-state index is -0.410. The molecule has 5 heteroatoms. The quantitative estimate of drug-likeness (QED) is 0.791. The van der Waals surface area contributed by atoms with Gasteiger partial charge in [0.2, 0.25) is 0 Å². The number of hydrogen-bond acceptors (Lipinski definition) is 4. The van der Waals surface area contributed by atoms with Gasteiger partial charge in [-0.2, -0.15) is 0 Å². The van der Waals surface area contributed by atoms with Crippen molar-refractivity contribution in [1.82, 2.24) is 10.3 Å². The number of methoxy groups -OCH3 is 1. The lowest BCUT2D eigenvalue weighted by Gasteiger charge is -2.03. The van der Waals surface area contributed by atoms with E-state index in [1.807, 2.05) is 0 Å². The summed E-state index contributed by atoms with van der Waals surface area (Å²) in [6.07, 6.45) is 3.44. The highest BCUT2D eigenvalue weighted by Crippen LogP contribution is 2.26. The van der Waals surface area contributed by atoms with Gasteiger partial charge in [0, 0.05) is 18.5 Å². The molecule has 0 saturated heterocycles. The van der Waals surface area contributed by atoms with Crippen LogP contribution in [0.3, 0.4) is 0 Å². The molecule has 0 aliphatic carbocycles. The van der Waals surface area contributed by atoms with Crippen LogP contribution in [0.4, 0.5) is 4.39 Å². The van der Waals surface area contributed by atoms with Crippen LogP contribution in [-0.2, 0) is 6.42 Å². The van der Waals surface area contributed by atoms with Crippen molar-refractivity contribution in [3.8, 4) is 17.1 Å². The van der Waals surface area contributed by atoms with Crippen LogP contribution in [-0.4, -0.2) is 25.2 Å². The summed E-state index contributed by atoms with van der Waals surface area (Å²) in [6.45, 7) is 3.93. The third-order valence-electron chi connectivity index (χ3n) is 2.93. The fraction of sp³-hybridized carbons (Fsp3) is 0.400. The van der Waals surface area contributed by atoms with Gasteiger partial charge in [-0.3, -0.25) is 0 Å². The fourth-order valence-electron chi connectivity index (χ4n) is 1.88. The Balaban J connectivity index is 2.03. The number of ether oxygens (including phenoxy) is 1. The Bertz CT molecular complexity index is 555. The van der Waals surface area contributed by atoms with Crippen molar-refractivity contribution in [2.24, 2.45) is 0 Å². The largest absolute Gasteiger partial charge is 0.494 e. The Morgan fingerprint density at radius 2 is 2.20 bits per heavy atom. The summed E-state index contributed by atoms with van der Waals surface area (Å²) in [5.41, 5.74) is 0.656. The Labute approximate surface area is 118 Å². The molecule has 0 amide bonds. The van der Waals surface area contributed by atoms with Gasteiger partial charge in [0.1, 0.15) is 0 Å². The maximum atomic E-state index is 13.6. The second-order valence-corrected chi connectivity index (χ2v) is 4.47. The van der Waals surface area contributed by atoms with E-state index in [0.29, 0.717) is 17.2 Å². The van der Waals surface area contributed by atoms with Crippen molar-refractivity contribution in [3.05, 3.63) is 36.1 Å². The van der Waals surface area contributed by atoms with Crippen LogP contribution < -0.4 is 10.1 Å². The van der Waals surface area contributed by atoms with E-state index < -0.39 is 5.82 Å². The number of aromatic nitrogens is 1. The summed E-state index contributed by atoms with van der Waals surface area (Å²) in [5.74, 6) is 1.03. The van der Waals surface area contributed by atoms with Gasteiger partial charge in [-0.25, -0.2) is 9.37 Å². The first-order valence-corrected chi connectivity index (χ1v) is 6.74. The molecular formula is C15H19FN2O2. The SMILES string of the molecule is CCCNCCc1ncc(-c2ccc(OC)c(F)c2)o1. The molecule has 0 atom stereocenters. The first-order valence-electron chi connectivity index (χ1n) is 6.74. The summed E-state index contributed by atoms with van der Waals surface area (Å²) >= 11 is 0. The number of benzene rings is 1. The third-order valence-corrected chi connectivity index (χ3v) is 2.93. The molecular weight excluding hydrogens is 259 g/mol. The molecule has 1 aromatic heterocycles. The van der Waals surface area contributed by atoms with Crippen LogP contribution in [0.2, 0.25) is 0 Å². The van der Waals surface area contributed by atoms with E-state index in [1.165, 1.54) is 13.2 Å². The van der Waals surface area contributed by atoms with Gasteiger partial charge in [0.25, 0.3) is 0 Å². The molecule has 0 saturated carbocycles. The lowest BCUT2D eigenvalue weighted by Crippen LogP contribution is -2.17. The van der Waals surface area contributed by atoms with Crippen molar-refractivity contribution < 1.29 is 13.5 Å². The number of oxazole rings is 1. The van der Waals surface area contributed by atoms with Crippen LogP contribution in [0, 0.1) is 5.82 Å². The van der Waals surface area contributed by atoms with Crippen molar-refractivity contribution >= 4 is 0 Å². The van der Waals surface area contributed by atoms with Gasteiger partial charge in [0.05, 0.1) is 13.3 Å². The molecule has 0 fully saturated rings. The lowest BCUT2D eigenvalue weighted by atomic mass is 10.2. The normalized spacial score (nSPS) is 10.8. The van der Waals surface area contributed by atoms with Crippen LogP contribution in [0.15, 0.2) is 28.8 Å². The lowest BCUT2D eigenvalue weighted by molar-refractivity contribution is 0.386. The van der Waals surface area contributed by atoms with Crippen LogP contribution in [0.1, 0.15) is 19.2 Å². The number of rotatable bonds is 7. The van der Waals surface area contributed by atoms with Crippen molar-refractivity contribution in [3.63, 3.8) is 0 Å². The van der Waals surface area contributed by atoms with E-state index in [9.17, 15) is 4.39 Å². The molecule has 2 rings (SSSR count). The van der Waals surface area contributed by atoms with Crippen LogP contribution >= 0.6 is 0 Å². The summed E-state index contributed by atoms with van der Waals surface area (Å²) in [6, 6.07) is 4.72. The molecule has 20 heavy (non-hydrogen) atoms. The molecule has 0 radical (unpaired) electrons. The Morgan fingerprint density at radius 3 is 2.90 bits per heavy atom. The third kappa shape index (κ3) is 3.57. The van der Waals surface area contributed by atoms with E-state index in [1.54, 1.807) is 18.3 Å². The monoisotopic (exact) mass is 278 g/mol. The molecule has 2 aromatic rings. The predicted octanol–water partition coefficient (Wildman–Crippen LogP) is 3.03. The molecule has 0 unspecified atom stereocenters. The summed E-state index contributed by atoms with van der Waals surface area (Å²) in [7, 11) is 1.44. The molecule has 0 spiro atoms. The van der Waals surface area contributed by atoms with E-state index in [2.05, 4.69) is 17.2 Å². The number of hydrogen-bond donors (Lipinski definition) is 1. The van der Waals surface area contributed by atoms with Crippen molar-refractivity contribution in [2.45, 2.75) is 19.8 Å². The maximum Gasteiger partial charge on any atom is 0.196 e. The summed E-state index contributed by atoms with van der Waals surface area (Å²) < 4.78 is 24.1. The predicted molar refractivity (Wildman–Crippen MR) is 75.3 cm³/mol. The van der Waals surface area contributed by atoms with E-state index in [-0.39, 0.29) is 5.75 Å². The van der Waals surface area contributed by atoms with Gasteiger partial charge in [-0.05, 0) is 31.2 Å². The molecule has 4 nitrogen and oxygen atoms in total. The first kappa shape index (κ1) is 14.5. The summed E-state index contributed by atoms with van der Waals surface area (Å²) in [4.78, 5) is 4.20. The molecule has 1 N–H and O–H groups in total. The Hall–Kier alpha value is -1.88. The summed E-state index contributed by atoms with van der Waals surface area (Å²) in [5, 5.41) is 3.28. The van der Waals surface area contributed by atoms with E-state index >= 15 is 0 Å². The smallest absolute Gasteiger partial charge is 0.196 e. The van der Waals surface area contributed by atoms with Crippen molar-refractivity contribution in [1.29, 1.82) is 0 Å². The Kier molecular flexibility index (Phi) is 5.12. The van der Waals surface area contributed by atoms with E-state index in [4.69, 9.17) is 9.15 Å². The molecule has 0 aliphatic heterocycles. The number of nitrogens with zero attached hydrogens (tertiary/aromatic N) is 1. The van der Waals surface area contributed by atoms with Crippen molar-refractivity contribution in [2.75, 3.05) is 20.2 Å². The van der Waals surface area contributed by atoms with Gasteiger partial charge < -0.3 is 14.5 Å². The standard InChI is InChI=1S/C15H19FN2O2/c1-3-7-17-8-6-15-18-10-14(20-15)11-4-5-13(19-2)12(16)9-11/h4-5,9-10,17H,3,6-8H2,1-2H3. The number of halogens is 1. The highest BCUT2D eigenvalue weighted by Gasteiger charge is 2.09. The topological polar surface area (TPSA) is 47.3 Å². The van der Waals surface area contributed by atoms with Gasteiger partial charge in [0.15, 0.2) is 23.2 Å². The second-order valence-electron chi connectivity index (χ2n) is 4.47. The zero-order valence-electron chi connectivity index (χ0n) is 11.8. The average Bonchev–Trinajstić information content (AvgIpc) is 2.92. The highest BCUT2D eigenvalue weighted by atomic mass is 19.1. The highest BCUT2D eigenvalue weighted by molar-refractivity contribution is 5.57. The molecule has 1 heterocycles. The molecule has 1 aromatic carbocycles. The zero-order chi connectivity index (χ0) is 14.4. The maximum absolute atomic E-state index is 13.6.